The number of anilines is 1. The van der Waals surface area contributed by atoms with Gasteiger partial charge in [0.2, 0.25) is 0 Å². The van der Waals surface area contributed by atoms with Gasteiger partial charge in [0.25, 0.3) is 31.4 Å². The summed E-state index contributed by atoms with van der Waals surface area (Å²) in [5.41, 5.74) is -1.40. The lowest BCUT2D eigenvalue weighted by Gasteiger charge is -2.24. The van der Waals surface area contributed by atoms with Gasteiger partial charge in [-0.25, -0.2) is 16.8 Å². The van der Waals surface area contributed by atoms with Crippen LogP contribution in [0, 0.1) is 20.2 Å². The first-order valence-electron chi connectivity index (χ1n) is 8.50. The SMILES string of the molecule is O=[N+]([O-])c1ccc(S(=O)(=O)N(c2ccccc2)S(=O)(=O)c2ccc(Cl)c([N+](=O)[O-])c2)cc1. The number of nitrogens with zero attached hydrogens (tertiary/aromatic N) is 3. The first-order chi connectivity index (χ1) is 15.0. The molecule has 0 spiro atoms. The van der Waals surface area contributed by atoms with Crippen molar-refractivity contribution in [1.82, 2.24) is 0 Å². The maximum Gasteiger partial charge on any atom is 0.289 e. The third kappa shape index (κ3) is 4.26. The number of hydrogen-bond donors (Lipinski definition) is 0. The van der Waals surface area contributed by atoms with E-state index in [4.69, 9.17) is 11.6 Å². The summed E-state index contributed by atoms with van der Waals surface area (Å²) in [6, 6.07) is 12.9. The summed E-state index contributed by atoms with van der Waals surface area (Å²) < 4.78 is 53.6. The van der Waals surface area contributed by atoms with Gasteiger partial charge in [0, 0.05) is 18.2 Å². The molecule has 0 bridgehead atoms. The molecule has 11 nitrogen and oxygen atoms in total. The first kappa shape index (κ1) is 23.1. The largest absolute Gasteiger partial charge is 0.289 e. The highest BCUT2D eigenvalue weighted by atomic mass is 35.5. The summed E-state index contributed by atoms with van der Waals surface area (Å²) in [7, 11) is -9.74. The molecule has 0 aliphatic carbocycles. The Balaban J connectivity index is 2.25. The van der Waals surface area contributed by atoms with Crippen LogP contribution in [0.4, 0.5) is 17.1 Å². The molecule has 0 heterocycles. The van der Waals surface area contributed by atoms with Crippen molar-refractivity contribution in [1.29, 1.82) is 0 Å². The molecular formula is C18H12ClN3O8S2. The number of para-hydroxylation sites is 1. The predicted octanol–water partition coefficient (Wildman–Crippen LogP) is 3.74. The number of nitro groups is 2. The Morgan fingerprint density at radius 1 is 0.719 bits per heavy atom. The van der Waals surface area contributed by atoms with E-state index in [0.717, 1.165) is 36.4 Å². The van der Waals surface area contributed by atoms with E-state index in [1.54, 1.807) is 0 Å². The second-order valence-electron chi connectivity index (χ2n) is 6.16. The maximum absolute atomic E-state index is 13.4. The van der Waals surface area contributed by atoms with Gasteiger partial charge < -0.3 is 0 Å². The fourth-order valence-corrected chi connectivity index (χ4v) is 6.58. The van der Waals surface area contributed by atoms with E-state index in [2.05, 4.69) is 0 Å². The van der Waals surface area contributed by atoms with E-state index < -0.39 is 51.1 Å². The Labute approximate surface area is 186 Å². The molecule has 0 aromatic heterocycles. The minimum absolute atomic E-state index is 0.105. The van der Waals surface area contributed by atoms with Crippen molar-refractivity contribution in [3.63, 3.8) is 0 Å². The molecule has 0 N–H and O–H groups in total. The maximum atomic E-state index is 13.4. The monoisotopic (exact) mass is 497 g/mol. The highest BCUT2D eigenvalue weighted by Gasteiger charge is 2.38. The normalized spacial score (nSPS) is 11.7. The molecule has 0 unspecified atom stereocenters. The number of halogens is 1. The number of benzene rings is 3. The summed E-state index contributed by atoms with van der Waals surface area (Å²) in [6.45, 7) is 0. The predicted molar refractivity (Wildman–Crippen MR) is 114 cm³/mol. The van der Waals surface area contributed by atoms with Crippen LogP contribution < -0.4 is 3.71 Å². The van der Waals surface area contributed by atoms with E-state index in [1.165, 1.54) is 30.3 Å². The molecule has 14 heteroatoms. The van der Waals surface area contributed by atoms with E-state index in [-0.39, 0.29) is 14.4 Å². The van der Waals surface area contributed by atoms with Crippen LogP contribution in [0.2, 0.25) is 5.02 Å². The minimum atomic E-state index is -4.91. The van der Waals surface area contributed by atoms with Crippen LogP contribution in [0.25, 0.3) is 0 Å². The van der Waals surface area contributed by atoms with Gasteiger partial charge in [0.1, 0.15) is 5.02 Å². The van der Waals surface area contributed by atoms with E-state index >= 15 is 0 Å². The van der Waals surface area contributed by atoms with Crippen molar-refractivity contribution in [3.05, 3.63) is 98.0 Å². The van der Waals surface area contributed by atoms with Gasteiger partial charge in [-0.05, 0) is 36.4 Å². The third-order valence-electron chi connectivity index (χ3n) is 4.16. The van der Waals surface area contributed by atoms with Crippen molar-refractivity contribution in [2.75, 3.05) is 3.71 Å². The molecule has 3 rings (SSSR count). The second kappa shape index (κ2) is 8.53. The molecule has 0 saturated carbocycles. The lowest BCUT2D eigenvalue weighted by molar-refractivity contribution is -0.385. The van der Waals surface area contributed by atoms with Crippen LogP contribution in [0.15, 0.2) is 82.6 Å². The zero-order valence-electron chi connectivity index (χ0n) is 15.7. The number of non-ortho nitro benzene ring substituents is 1. The van der Waals surface area contributed by atoms with Crippen LogP contribution in [-0.2, 0) is 20.0 Å². The molecule has 0 amide bonds. The molecule has 3 aromatic rings. The fourth-order valence-electron chi connectivity index (χ4n) is 2.68. The Kier molecular flexibility index (Phi) is 6.16. The molecule has 0 saturated heterocycles. The van der Waals surface area contributed by atoms with Gasteiger partial charge in [0.15, 0.2) is 0 Å². The average molecular weight is 498 g/mol. The number of hydrogen-bond acceptors (Lipinski definition) is 8. The van der Waals surface area contributed by atoms with Crippen molar-refractivity contribution in [2.45, 2.75) is 9.79 Å². The molecular weight excluding hydrogens is 486 g/mol. The zero-order chi connectivity index (χ0) is 23.7. The molecule has 32 heavy (non-hydrogen) atoms. The third-order valence-corrected chi connectivity index (χ3v) is 8.67. The second-order valence-corrected chi connectivity index (χ2v) is 10.4. The molecule has 3 aromatic carbocycles. The number of rotatable bonds is 7. The van der Waals surface area contributed by atoms with Gasteiger partial charge in [-0.2, -0.15) is 3.71 Å². The van der Waals surface area contributed by atoms with E-state index in [0.29, 0.717) is 6.07 Å². The molecule has 166 valence electrons. The van der Waals surface area contributed by atoms with Gasteiger partial charge >= 0.3 is 0 Å². The highest BCUT2D eigenvalue weighted by Crippen LogP contribution is 2.34. The minimum Gasteiger partial charge on any atom is -0.258 e. The van der Waals surface area contributed by atoms with Gasteiger partial charge in [0.05, 0.1) is 25.3 Å². The van der Waals surface area contributed by atoms with Crippen LogP contribution in [0.5, 0.6) is 0 Å². The van der Waals surface area contributed by atoms with Crippen molar-refractivity contribution < 1.29 is 26.7 Å². The number of nitro benzene ring substituents is 2. The quantitative estimate of drug-likeness (QED) is 0.352. The van der Waals surface area contributed by atoms with Crippen LogP contribution in [0.1, 0.15) is 0 Å². The van der Waals surface area contributed by atoms with Crippen LogP contribution >= 0.6 is 11.6 Å². The summed E-state index contributed by atoms with van der Waals surface area (Å²) in [5.74, 6) is 0. The molecule has 0 atom stereocenters. The molecule has 0 aliphatic rings. The standard InChI is InChI=1S/C18H12ClN3O8S2/c19-17-11-10-16(12-18(17)21(25)26)32(29,30)22(14-4-2-1-3-5-14)31(27,28)15-8-6-13(7-9-15)20(23)24/h1-12H. The van der Waals surface area contributed by atoms with Gasteiger partial charge in [-0.1, -0.05) is 29.8 Å². The number of sulfonamides is 2. The zero-order valence-corrected chi connectivity index (χ0v) is 18.1. The fraction of sp³-hybridized carbons (Fsp3) is 0. The summed E-state index contributed by atoms with van der Waals surface area (Å²) in [5, 5.41) is 21.7. The average Bonchev–Trinajstić information content (AvgIpc) is 2.74. The Morgan fingerprint density at radius 3 is 1.78 bits per heavy atom. The van der Waals surface area contributed by atoms with E-state index in [1.807, 2.05) is 0 Å². The molecule has 0 radical (unpaired) electrons. The highest BCUT2D eigenvalue weighted by molar-refractivity contribution is 8.10. The summed E-state index contributed by atoms with van der Waals surface area (Å²) in [6.07, 6.45) is 0. The topological polar surface area (TPSA) is 158 Å². The van der Waals surface area contributed by atoms with Crippen molar-refractivity contribution >= 4 is 48.7 Å². The Bertz CT molecular complexity index is 1410. The lowest BCUT2D eigenvalue weighted by Crippen LogP contribution is -2.37. The first-order valence-corrected chi connectivity index (χ1v) is 11.8. The van der Waals surface area contributed by atoms with Crippen molar-refractivity contribution in [2.24, 2.45) is 0 Å². The van der Waals surface area contributed by atoms with Gasteiger partial charge in [-0.15, -0.1) is 0 Å². The smallest absolute Gasteiger partial charge is 0.258 e. The van der Waals surface area contributed by atoms with E-state index in [9.17, 15) is 37.1 Å². The van der Waals surface area contributed by atoms with Gasteiger partial charge in [-0.3, -0.25) is 20.2 Å². The van der Waals surface area contributed by atoms with Crippen molar-refractivity contribution in [3.8, 4) is 0 Å². The molecule has 0 fully saturated rings. The Morgan fingerprint density at radius 2 is 1.25 bits per heavy atom. The van der Waals surface area contributed by atoms with Crippen LogP contribution in [-0.4, -0.2) is 26.7 Å². The van der Waals surface area contributed by atoms with Crippen LogP contribution in [0.3, 0.4) is 0 Å². The molecule has 0 aliphatic heterocycles. The Hall–Kier alpha value is -3.55. The lowest BCUT2D eigenvalue weighted by atomic mass is 10.3. The summed E-state index contributed by atoms with van der Waals surface area (Å²) >= 11 is 5.74. The summed E-state index contributed by atoms with van der Waals surface area (Å²) in [4.78, 5) is 19.2.